The van der Waals surface area contributed by atoms with E-state index in [1.807, 2.05) is 79.0 Å². The van der Waals surface area contributed by atoms with Crippen molar-refractivity contribution < 1.29 is 0 Å². The molecule has 0 atom stereocenters. The lowest BCUT2D eigenvalue weighted by molar-refractivity contribution is 0.879. The van der Waals surface area contributed by atoms with Gasteiger partial charge in [-0.3, -0.25) is 4.99 Å². The molecule has 0 fully saturated rings. The lowest BCUT2D eigenvalue weighted by Crippen LogP contribution is -1.97. The first-order valence-corrected chi connectivity index (χ1v) is 8.26. The zero-order valence-electron chi connectivity index (χ0n) is 13.2. The monoisotopic (exact) mass is 331 g/mol. The fourth-order valence-corrected chi connectivity index (χ4v) is 2.63. The maximum atomic E-state index is 5.90. The summed E-state index contributed by atoms with van der Waals surface area (Å²) in [6.07, 6.45) is 5.84. The van der Waals surface area contributed by atoms with Crippen molar-refractivity contribution in [1.29, 1.82) is 0 Å². The van der Waals surface area contributed by atoms with Crippen LogP contribution in [0.3, 0.4) is 0 Å². The van der Waals surface area contributed by atoms with Crippen molar-refractivity contribution >= 4 is 23.9 Å². The summed E-state index contributed by atoms with van der Waals surface area (Å²) in [5, 5.41) is 0.744. The van der Waals surface area contributed by atoms with Gasteiger partial charge in [-0.05, 0) is 34.9 Å². The Morgan fingerprint density at radius 3 is 1.79 bits per heavy atom. The maximum absolute atomic E-state index is 5.90. The van der Waals surface area contributed by atoms with Gasteiger partial charge in [0.2, 0.25) is 0 Å². The molecule has 0 aromatic heterocycles. The van der Waals surface area contributed by atoms with Crippen LogP contribution in [0.2, 0.25) is 5.02 Å². The highest BCUT2D eigenvalue weighted by Crippen LogP contribution is 2.25. The van der Waals surface area contributed by atoms with E-state index in [0.29, 0.717) is 0 Å². The van der Waals surface area contributed by atoms with Gasteiger partial charge in [-0.2, -0.15) is 0 Å². The molecule has 0 amide bonds. The van der Waals surface area contributed by atoms with Crippen molar-refractivity contribution in [2.45, 2.75) is 6.04 Å². The van der Waals surface area contributed by atoms with Gasteiger partial charge in [0.1, 0.15) is 0 Å². The third-order valence-corrected chi connectivity index (χ3v) is 3.96. The zero-order valence-corrected chi connectivity index (χ0v) is 14.0. The number of rotatable bonds is 5. The molecule has 24 heavy (non-hydrogen) atoms. The average Bonchev–Trinajstić information content (AvgIpc) is 2.65. The molecule has 0 saturated heterocycles. The van der Waals surface area contributed by atoms with E-state index in [0.717, 1.165) is 10.6 Å². The quantitative estimate of drug-likeness (QED) is 0.492. The van der Waals surface area contributed by atoms with Crippen molar-refractivity contribution in [2.24, 2.45) is 4.99 Å². The molecule has 0 aliphatic heterocycles. The van der Waals surface area contributed by atoms with Crippen LogP contribution in [0.5, 0.6) is 0 Å². The van der Waals surface area contributed by atoms with Gasteiger partial charge in [0.05, 0.1) is 6.04 Å². The first-order valence-electron chi connectivity index (χ1n) is 7.88. The molecule has 118 valence electrons. The van der Waals surface area contributed by atoms with Gasteiger partial charge in [0.25, 0.3) is 0 Å². The molecule has 0 aliphatic rings. The molecule has 0 N–H and O–H groups in total. The zero-order chi connectivity index (χ0) is 16.6. The van der Waals surface area contributed by atoms with Crippen LogP contribution >= 0.6 is 11.6 Å². The molecular formula is C22H18ClN. The minimum atomic E-state index is 0.00210. The number of allylic oxidation sites excluding steroid dienone is 1. The minimum Gasteiger partial charge on any atom is -0.280 e. The summed E-state index contributed by atoms with van der Waals surface area (Å²) in [4.78, 5) is 4.76. The van der Waals surface area contributed by atoms with Crippen LogP contribution in [0, 0.1) is 0 Å². The predicted octanol–water partition coefficient (Wildman–Crippen LogP) is 6.21. The summed E-state index contributed by atoms with van der Waals surface area (Å²) in [5.74, 6) is 0. The normalized spacial score (nSPS) is 11.6. The number of halogens is 1. The van der Waals surface area contributed by atoms with Crippen LogP contribution in [0.1, 0.15) is 22.7 Å². The number of nitrogens with zero attached hydrogens (tertiary/aromatic N) is 1. The fourth-order valence-electron chi connectivity index (χ4n) is 2.50. The third kappa shape index (κ3) is 4.43. The van der Waals surface area contributed by atoms with Crippen molar-refractivity contribution in [1.82, 2.24) is 0 Å². The van der Waals surface area contributed by atoms with E-state index < -0.39 is 0 Å². The maximum Gasteiger partial charge on any atom is 0.0999 e. The molecular weight excluding hydrogens is 314 g/mol. The molecule has 0 unspecified atom stereocenters. The standard InChI is InChI=1S/C22H18ClN/c23-21-15-13-18(14-16-21)8-7-17-24-22(19-9-3-1-4-10-19)20-11-5-2-6-12-20/h1-17,22H/b8-7+,24-17?. The Bertz CT molecular complexity index is 766. The van der Waals surface area contributed by atoms with E-state index in [1.54, 1.807) is 0 Å². The summed E-state index contributed by atoms with van der Waals surface area (Å²) in [7, 11) is 0. The second kappa shape index (κ2) is 8.28. The molecule has 0 spiro atoms. The second-order valence-corrected chi connectivity index (χ2v) is 5.87. The lowest BCUT2D eigenvalue weighted by Gasteiger charge is -2.12. The van der Waals surface area contributed by atoms with Gasteiger partial charge in [-0.25, -0.2) is 0 Å². The minimum absolute atomic E-state index is 0.00210. The molecule has 2 heteroatoms. The first kappa shape index (κ1) is 16.2. The van der Waals surface area contributed by atoms with Gasteiger partial charge in [-0.1, -0.05) is 90.5 Å². The number of benzene rings is 3. The van der Waals surface area contributed by atoms with E-state index in [1.165, 1.54) is 11.1 Å². The van der Waals surface area contributed by atoms with Crippen LogP contribution in [-0.2, 0) is 0 Å². The molecule has 0 saturated carbocycles. The van der Waals surface area contributed by atoms with Gasteiger partial charge in [0, 0.05) is 11.2 Å². The van der Waals surface area contributed by atoms with E-state index in [-0.39, 0.29) is 6.04 Å². The Morgan fingerprint density at radius 1 is 0.708 bits per heavy atom. The molecule has 0 heterocycles. The molecule has 0 bridgehead atoms. The molecule has 3 aromatic rings. The fraction of sp³-hybridized carbons (Fsp3) is 0.0455. The highest BCUT2D eigenvalue weighted by Gasteiger charge is 2.10. The van der Waals surface area contributed by atoms with Gasteiger partial charge >= 0.3 is 0 Å². The number of hydrogen-bond acceptors (Lipinski definition) is 1. The topological polar surface area (TPSA) is 12.4 Å². The average molecular weight is 332 g/mol. The highest BCUT2D eigenvalue weighted by molar-refractivity contribution is 6.30. The van der Waals surface area contributed by atoms with E-state index >= 15 is 0 Å². The SMILES string of the molecule is Clc1ccc(/C=C/C=NC(c2ccccc2)c2ccccc2)cc1. The lowest BCUT2D eigenvalue weighted by atomic mass is 9.99. The van der Waals surface area contributed by atoms with E-state index in [4.69, 9.17) is 16.6 Å². The van der Waals surface area contributed by atoms with Crippen molar-refractivity contribution in [3.63, 3.8) is 0 Å². The van der Waals surface area contributed by atoms with Crippen LogP contribution in [-0.4, -0.2) is 6.21 Å². The van der Waals surface area contributed by atoms with Crippen molar-refractivity contribution in [3.8, 4) is 0 Å². The molecule has 1 nitrogen and oxygen atoms in total. The molecule has 0 radical (unpaired) electrons. The van der Waals surface area contributed by atoms with Crippen LogP contribution < -0.4 is 0 Å². The summed E-state index contributed by atoms with van der Waals surface area (Å²) in [6.45, 7) is 0. The molecule has 3 aromatic carbocycles. The highest BCUT2D eigenvalue weighted by atomic mass is 35.5. The summed E-state index contributed by atoms with van der Waals surface area (Å²) in [5.41, 5.74) is 3.46. The van der Waals surface area contributed by atoms with Gasteiger partial charge in [-0.15, -0.1) is 0 Å². The smallest absolute Gasteiger partial charge is 0.0999 e. The number of hydrogen-bond donors (Lipinski definition) is 0. The van der Waals surface area contributed by atoms with Crippen LogP contribution in [0.15, 0.2) is 96.0 Å². The summed E-state index contributed by atoms with van der Waals surface area (Å²) >= 11 is 5.90. The Morgan fingerprint density at radius 2 is 1.25 bits per heavy atom. The first-order chi connectivity index (χ1) is 11.8. The molecule has 0 aliphatic carbocycles. The largest absolute Gasteiger partial charge is 0.280 e. The Kier molecular flexibility index (Phi) is 5.60. The van der Waals surface area contributed by atoms with Crippen molar-refractivity contribution in [2.75, 3.05) is 0 Å². The summed E-state index contributed by atoms with van der Waals surface area (Å²) < 4.78 is 0. The van der Waals surface area contributed by atoms with Crippen molar-refractivity contribution in [3.05, 3.63) is 113 Å². The Hall–Kier alpha value is -2.64. The Labute approximate surface area is 148 Å². The van der Waals surface area contributed by atoms with E-state index in [9.17, 15) is 0 Å². The third-order valence-electron chi connectivity index (χ3n) is 3.71. The van der Waals surface area contributed by atoms with E-state index in [2.05, 4.69) is 24.3 Å². The van der Waals surface area contributed by atoms with Crippen LogP contribution in [0.4, 0.5) is 0 Å². The molecule has 3 rings (SSSR count). The predicted molar refractivity (Wildman–Crippen MR) is 104 cm³/mol. The van der Waals surface area contributed by atoms with Gasteiger partial charge < -0.3 is 0 Å². The second-order valence-electron chi connectivity index (χ2n) is 5.43. The van der Waals surface area contributed by atoms with Crippen LogP contribution in [0.25, 0.3) is 6.08 Å². The Balaban J connectivity index is 1.80. The summed E-state index contributed by atoms with van der Waals surface area (Å²) in [6, 6.07) is 28.4. The van der Waals surface area contributed by atoms with Gasteiger partial charge in [0.15, 0.2) is 0 Å². The number of aliphatic imine (C=N–C) groups is 1.